The maximum Gasteiger partial charge on any atom is 0.122 e. The highest BCUT2D eigenvalue weighted by atomic mass is 16.5. The highest BCUT2D eigenvalue weighted by Crippen LogP contribution is 2.27. The molecule has 0 heterocycles. The molecule has 0 aliphatic heterocycles. The number of rotatable bonds is 4. The van der Waals surface area contributed by atoms with Crippen molar-refractivity contribution in [2.24, 2.45) is 11.7 Å². The van der Waals surface area contributed by atoms with Crippen molar-refractivity contribution in [2.75, 3.05) is 0 Å². The third kappa shape index (κ3) is 3.33. The number of nitrogens with one attached hydrogen (secondary N) is 1. The van der Waals surface area contributed by atoms with Gasteiger partial charge < -0.3 is 10.5 Å². The lowest BCUT2D eigenvalue weighted by atomic mass is 9.88. The van der Waals surface area contributed by atoms with Crippen molar-refractivity contribution < 1.29 is 4.74 Å². The highest BCUT2D eigenvalue weighted by molar-refractivity contribution is 5.94. The van der Waals surface area contributed by atoms with E-state index in [0.717, 1.165) is 11.1 Å². The first-order valence-electron chi connectivity index (χ1n) is 6.72. The molecule has 1 aliphatic carbocycles. The van der Waals surface area contributed by atoms with Gasteiger partial charge in [0.05, 0.1) is 12.7 Å². The highest BCUT2D eigenvalue weighted by Gasteiger charge is 2.21. The predicted molar refractivity (Wildman–Crippen MR) is 73.7 cm³/mol. The Hall–Kier alpha value is -1.35. The van der Waals surface area contributed by atoms with Gasteiger partial charge in [0.1, 0.15) is 5.84 Å². The maximum absolute atomic E-state index is 7.34. The van der Waals surface area contributed by atoms with Crippen LogP contribution in [0.25, 0.3) is 0 Å². The smallest absolute Gasteiger partial charge is 0.122 e. The van der Waals surface area contributed by atoms with Gasteiger partial charge in [-0.1, -0.05) is 44.0 Å². The molecule has 3 N–H and O–H groups in total. The third-order valence-corrected chi connectivity index (χ3v) is 3.76. The van der Waals surface area contributed by atoms with Gasteiger partial charge in [0.15, 0.2) is 0 Å². The van der Waals surface area contributed by atoms with E-state index in [1.807, 2.05) is 24.3 Å². The number of hydrogen-bond donors (Lipinski definition) is 2. The zero-order chi connectivity index (χ0) is 13.0. The van der Waals surface area contributed by atoms with Crippen LogP contribution in [-0.2, 0) is 11.3 Å². The van der Waals surface area contributed by atoms with E-state index in [2.05, 4.69) is 6.92 Å². The van der Waals surface area contributed by atoms with E-state index in [9.17, 15) is 0 Å². The predicted octanol–water partition coefficient (Wildman–Crippen LogP) is 3.07. The summed E-state index contributed by atoms with van der Waals surface area (Å²) in [7, 11) is 0. The summed E-state index contributed by atoms with van der Waals surface area (Å²) in [6.07, 6.45) is 5.51. The molecule has 1 aromatic carbocycles. The summed E-state index contributed by atoms with van der Waals surface area (Å²) in [6, 6.07) is 7.74. The van der Waals surface area contributed by atoms with Crippen LogP contribution in [0.4, 0.5) is 0 Å². The lowest BCUT2D eigenvalue weighted by Gasteiger charge is -2.28. The van der Waals surface area contributed by atoms with Gasteiger partial charge in [-0.15, -0.1) is 0 Å². The van der Waals surface area contributed by atoms with Crippen LogP contribution in [0.5, 0.6) is 0 Å². The Bertz CT molecular complexity index is 399. The van der Waals surface area contributed by atoms with E-state index in [-0.39, 0.29) is 5.84 Å². The van der Waals surface area contributed by atoms with Crippen LogP contribution >= 0.6 is 0 Å². The molecule has 1 fully saturated rings. The van der Waals surface area contributed by atoms with Crippen molar-refractivity contribution in [1.82, 2.24) is 0 Å². The lowest BCUT2D eigenvalue weighted by Crippen LogP contribution is -2.25. The molecule has 0 bridgehead atoms. The van der Waals surface area contributed by atoms with Crippen LogP contribution in [0.3, 0.4) is 0 Å². The Labute approximate surface area is 109 Å². The third-order valence-electron chi connectivity index (χ3n) is 3.76. The molecule has 1 saturated carbocycles. The van der Waals surface area contributed by atoms with Crippen molar-refractivity contribution in [1.29, 1.82) is 5.41 Å². The maximum atomic E-state index is 7.34. The van der Waals surface area contributed by atoms with E-state index in [1.165, 1.54) is 25.7 Å². The molecule has 2 unspecified atom stereocenters. The number of nitrogen functional groups attached to an aromatic ring is 1. The monoisotopic (exact) mass is 246 g/mol. The van der Waals surface area contributed by atoms with Crippen LogP contribution in [-0.4, -0.2) is 11.9 Å². The topological polar surface area (TPSA) is 59.1 Å². The van der Waals surface area contributed by atoms with Gasteiger partial charge in [-0.3, -0.25) is 5.41 Å². The first-order valence-corrected chi connectivity index (χ1v) is 6.72. The van der Waals surface area contributed by atoms with E-state index in [1.54, 1.807) is 0 Å². The summed E-state index contributed by atoms with van der Waals surface area (Å²) in [5.41, 5.74) is 7.34. The minimum Gasteiger partial charge on any atom is -0.384 e. The van der Waals surface area contributed by atoms with Gasteiger partial charge in [0, 0.05) is 5.56 Å². The minimum atomic E-state index is 0.114. The Balaban J connectivity index is 1.87. The molecule has 3 heteroatoms. The molecular formula is C15H22N2O. The Kier molecular flexibility index (Phi) is 4.37. The second-order valence-electron chi connectivity index (χ2n) is 5.22. The van der Waals surface area contributed by atoms with Crippen molar-refractivity contribution in [3.05, 3.63) is 35.4 Å². The van der Waals surface area contributed by atoms with Crippen LogP contribution in [0.15, 0.2) is 24.3 Å². The molecule has 1 aromatic rings. The number of benzene rings is 1. The minimum absolute atomic E-state index is 0.114. The van der Waals surface area contributed by atoms with Crippen LogP contribution in [0, 0.1) is 11.3 Å². The van der Waals surface area contributed by atoms with Crippen LogP contribution in [0.1, 0.15) is 43.7 Å². The first kappa shape index (κ1) is 13.1. The Morgan fingerprint density at radius 1 is 1.28 bits per heavy atom. The Morgan fingerprint density at radius 3 is 2.56 bits per heavy atom. The van der Waals surface area contributed by atoms with Gasteiger partial charge in [-0.05, 0) is 24.3 Å². The molecular weight excluding hydrogens is 224 g/mol. The van der Waals surface area contributed by atoms with Crippen molar-refractivity contribution in [3.63, 3.8) is 0 Å². The average molecular weight is 246 g/mol. The molecule has 3 nitrogen and oxygen atoms in total. The number of nitrogens with two attached hydrogens (primary N) is 1. The summed E-state index contributed by atoms with van der Waals surface area (Å²) >= 11 is 0. The zero-order valence-corrected chi connectivity index (χ0v) is 11.0. The molecule has 0 aromatic heterocycles. The summed E-state index contributed by atoms with van der Waals surface area (Å²) in [4.78, 5) is 0. The molecule has 0 saturated heterocycles. The molecule has 98 valence electrons. The summed E-state index contributed by atoms with van der Waals surface area (Å²) < 4.78 is 6.00. The quantitative estimate of drug-likeness (QED) is 0.633. The van der Waals surface area contributed by atoms with E-state index >= 15 is 0 Å². The fourth-order valence-electron chi connectivity index (χ4n) is 2.51. The zero-order valence-electron chi connectivity index (χ0n) is 11.0. The number of hydrogen-bond acceptors (Lipinski definition) is 2. The van der Waals surface area contributed by atoms with Gasteiger partial charge in [0.2, 0.25) is 0 Å². The molecule has 0 spiro atoms. The van der Waals surface area contributed by atoms with Crippen molar-refractivity contribution in [2.45, 2.75) is 45.3 Å². The van der Waals surface area contributed by atoms with Gasteiger partial charge in [0.25, 0.3) is 0 Å². The summed E-state index contributed by atoms with van der Waals surface area (Å²) in [5, 5.41) is 7.34. The van der Waals surface area contributed by atoms with Crippen LogP contribution in [0.2, 0.25) is 0 Å². The van der Waals surface area contributed by atoms with Gasteiger partial charge >= 0.3 is 0 Å². The SMILES string of the molecule is CC1CCCCC1OCc1ccc(C(=N)N)cc1. The second kappa shape index (κ2) is 6.01. The first-order chi connectivity index (χ1) is 8.66. The van der Waals surface area contributed by atoms with Crippen molar-refractivity contribution >= 4 is 5.84 Å². The standard InChI is InChI=1S/C15H22N2O/c1-11-4-2-3-5-14(11)18-10-12-6-8-13(9-7-12)15(16)17/h6-9,11,14H,2-5,10H2,1H3,(H3,16,17). The lowest BCUT2D eigenvalue weighted by molar-refractivity contribution is -0.0154. The van der Waals surface area contributed by atoms with Gasteiger partial charge in [-0.2, -0.15) is 0 Å². The largest absolute Gasteiger partial charge is 0.384 e. The van der Waals surface area contributed by atoms with Gasteiger partial charge in [-0.25, -0.2) is 0 Å². The van der Waals surface area contributed by atoms with Crippen LogP contribution < -0.4 is 5.73 Å². The summed E-state index contributed by atoms with van der Waals surface area (Å²) in [5.74, 6) is 0.790. The second-order valence-corrected chi connectivity index (χ2v) is 5.22. The fraction of sp³-hybridized carbons (Fsp3) is 0.533. The molecule has 18 heavy (non-hydrogen) atoms. The average Bonchev–Trinajstić information content (AvgIpc) is 2.38. The molecule has 2 rings (SSSR count). The fourth-order valence-corrected chi connectivity index (χ4v) is 2.51. The normalized spacial score (nSPS) is 23.8. The Morgan fingerprint density at radius 2 is 1.94 bits per heavy atom. The molecule has 1 aliphatic rings. The molecule has 2 atom stereocenters. The molecule has 0 amide bonds. The number of ether oxygens (including phenoxy) is 1. The van der Waals surface area contributed by atoms with E-state index in [4.69, 9.17) is 15.9 Å². The van der Waals surface area contributed by atoms with E-state index in [0.29, 0.717) is 18.6 Å². The number of amidine groups is 1. The van der Waals surface area contributed by atoms with E-state index < -0.39 is 0 Å². The molecule has 0 radical (unpaired) electrons. The van der Waals surface area contributed by atoms with Crippen molar-refractivity contribution in [3.8, 4) is 0 Å². The summed E-state index contributed by atoms with van der Waals surface area (Å²) in [6.45, 7) is 2.94.